The van der Waals surface area contributed by atoms with Crippen LogP contribution in [0.15, 0.2) is 35.4 Å². The Bertz CT molecular complexity index is 928. The SMILES string of the molecule is COc1ccc(/C(C)=N\NC(=O)CNc2c(C)cc(C)cc2C)cc1CC(=O)[O-]. The van der Waals surface area contributed by atoms with Crippen LogP contribution in [0.1, 0.15) is 34.7 Å². The second-order valence-electron chi connectivity index (χ2n) is 6.93. The van der Waals surface area contributed by atoms with Crippen molar-refractivity contribution in [2.75, 3.05) is 19.0 Å². The van der Waals surface area contributed by atoms with Gasteiger partial charge in [-0.1, -0.05) is 17.7 Å². The van der Waals surface area contributed by atoms with Gasteiger partial charge in [-0.05, 0) is 62.6 Å². The van der Waals surface area contributed by atoms with Gasteiger partial charge in [0.05, 0.1) is 19.4 Å². The van der Waals surface area contributed by atoms with Crippen molar-refractivity contribution in [3.63, 3.8) is 0 Å². The molecule has 2 aromatic carbocycles. The summed E-state index contributed by atoms with van der Waals surface area (Å²) < 4.78 is 5.17. The number of nitrogens with one attached hydrogen (secondary N) is 2. The van der Waals surface area contributed by atoms with E-state index in [-0.39, 0.29) is 18.9 Å². The molecule has 154 valence electrons. The smallest absolute Gasteiger partial charge is 0.259 e. The molecule has 0 spiro atoms. The molecule has 7 heteroatoms. The van der Waals surface area contributed by atoms with E-state index in [1.807, 2.05) is 20.8 Å². The average molecular weight is 396 g/mol. The van der Waals surface area contributed by atoms with Gasteiger partial charge in [-0.25, -0.2) is 5.43 Å². The molecule has 29 heavy (non-hydrogen) atoms. The maximum Gasteiger partial charge on any atom is 0.259 e. The summed E-state index contributed by atoms with van der Waals surface area (Å²) in [6.45, 7) is 7.84. The van der Waals surface area contributed by atoms with E-state index in [0.717, 1.165) is 16.8 Å². The highest BCUT2D eigenvalue weighted by Crippen LogP contribution is 2.22. The van der Waals surface area contributed by atoms with Crippen LogP contribution in [-0.2, 0) is 16.0 Å². The fourth-order valence-electron chi connectivity index (χ4n) is 3.18. The Balaban J connectivity index is 2.04. The Kier molecular flexibility index (Phi) is 7.36. The monoisotopic (exact) mass is 396 g/mol. The lowest BCUT2D eigenvalue weighted by Crippen LogP contribution is -2.27. The molecule has 0 bridgehead atoms. The lowest BCUT2D eigenvalue weighted by atomic mass is 10.0. The molecule has 7 nitrogen and oxygen atoms in total. The molecule has 0 aliphatic carbocycles. The van der Waals surface area contributed by atoms with Crippen molar-refractivity contribution in [2.24, 2.45) is 5.10 Å². The van der Waals surface area contributed by atoms with E-state index in [0.29, 0.717) is 22.6 Å². The lowest BCUT2D eigenvalue weighted by Gasteiger charge is -2.13. The number of rotatable bonds is 8. The van der Waals surface area contributed by atoms with E-state index >= 15 is 0 Å². The van der Waals surface area contributed by atoms with E-state index in [2.05, 4.69) is 28.0 Å². The number of methoxy groups -OCH3 is 1. The molecule has 0 radical (unpaired) electrons. The third kappa shape index (κ3) is 6.07. The number of anilines is 1. The zero-order valence-corrected chi connectivity index (χ0v) is 17.4. The van der Waals surface area contributed by atoms with Gasteiger partial charge in [0, 0.05) is 23.6 Å². The van der Waals surface area contributed by atoms with Crippen molar-refractivity contribution in [1.29, 1.82) is 0 Å². The molecule has 0 atom stereocenters. The molecule has 0 saturated carbocycles. The molecule has 2 aromatic rings. The number of hydrazone groups is 1. The van der Waals surface area contributed by atoms with Crippen LogP contribution >= 0.6 is 0 Å². The highest BCUT2D eigenvalue weighted by molar-refractivity contribution is 5.99. The first kappa shape index (κ1) is 21.9. The topological polar surface area (TPSA) is 103 Å². The Morgan fingerprint density at radius 2 is 1.76 bits per heavy atom. The van der Waals surface area contributed by atoms with Gasteiger partial charge >= 0.3 is 0 Å². The molecule has 0 saturated heterocycles. The summed E-state index contributed by atoms with van der Waals surface area (Å²) in [5.74, 6) is -1.02. The number of hydrogen-bond acceptors (Lipinski definition) is 6. The third-order valence-electron chi connectivity index (χ3n) is 4.48. The second-order valence-corrected chi connectivity index (χ2v) is 6.93. The minimum atomic E-state index is -1.20. The summed E-state index contributed by atoms with van der Waals surface area (Å²) in [6, 6.07) is 9.20. The largest absolute Gasteiger partial charge is 0.550 e. The van der Waals surface area contributed by atoms with Gasteiger partial charge in [0.2, 0.25) is 0 Å². The summed E-state index contributed by atoms with van der Waals surface area (Å²) in [5, 5.41) is 18.2. The number of carboxylic acids is 1. The van der Waals surface area contributed by atoms with Crippen LogP contribution < -0.4 is 20.6 Å². The highest BCUT2D eigenvalue weighted by Gasteiger charge is 2.09. The summed E-state index contributed by atoms with van der Waals surface area (Å²) in [6.07, 6.45) is -0.268. The van der Waals surface area contributed by atoms with Crippen molar-refractivity contribution in [3.8, 4) is 5.75 Å². The number of carbonyl (C=O) groups is 2. The van der Waals surface area contributed by atoms with Crippen LogP contribution in [0.25, 0.3) is 0 Å². The van der Waals surface area contributed by atoms with Crippen LogP contribution in [0.4, 0.5) is 5.69 Å². The first-order valence-corrected chi connectivity index (χ1v) is 9.23. The fourth-order valence-corrected chi connectivity index (χ4v) is 3.18. The number of amides is 1. The van der Waals surface area contributed by atoms with Crippen molar-refractivity contribution >= 4 is 23.3 Å². The molecule has 0 aliphatic rings. The third-order valence-corrected chi connectivity index (χ3v) is 4.48. The molecule has 1 amide bonds. The molecule has 0 aliphatic heterocycles. The summed E-state index contributed by atoms with van der Waals surface area (Å²) >= 11 is 0. The zero-order chi connectivity index (χ0) is 21.6. The van der Waals surface area contributed by atoms with Crippen LogP contribution in [0.2, 0.25) is 0 Å². The Labute approximate surface area is 170 Å². The summed E-state index contributed by atoms with van der Waals surface area (Å²) in [4.78, 5) is 23.1. The number of ether oxygens (including phenoxy) is 1. The minimum absolute atomic E-state index is 0.0834. The number of aliphatic carboxylic acids is 1. The lowest BCUT2D eigenvalue weighted by molar-refractivity contribution is -0.304. The average Bonchev–Trinajstić information content (AvgIpc) is 2.64. The maximum absolute atomic E-state index is 12.2. The van der Waals surface area contributed by atoms with Crippen molar-refractivity contribution in [3.05, 3.63) is 58.1 Å². The van der Waals surface area contributed by atoms with E-state index in [9.17, 15) is 14.7 Å². The van der Waals surface area contributed by atoms with Gasteiger partial charge in [-0.2, -0.15) is 5.10 Å². The molecule has 0 fully saturated rings. The minimum Gasteiger partial charge on any atom is -0.550 e. The Hall–Kier alpha value is -3.35. The van der Waals surface area contributed by atoms with Crippen LogP contribution in [0, 0.1) is 20.8 Å². The van der Waals surface area contributed by atoms with Gasteiger partial charge in [0.15, 0.2) is 0 Å². The first-order valence-electron chi connectivity index (χ1n) is 9.23. The second kappa shape index (κ2) is 9.73. The zero-order valence-electron chi connectivity index (χ0n) is 17.4. The van der Waals surface area contributed by atoms with Crippen molar-refractivity contribution in [2.45, 2.75) is 34.1 Å². The number of hydrogen-bond donors (Lipinski definition) is 2. The van der Waals surface area contributed by atoms with Crippen LogP contribution in [0.5, 0.6) is 5.75 Å². The van der Waals surface area contributed by atoms with Crippen molar-refractivity contribution in [1.82, 2.24) is 5.43 Å². The molecule has 0 aromatic heterocycles. The normalized spacial score (nSPS) is 11.1. The van der Waals surface area contributed by atoms with Crippen LogP contribution in [-0.4, -0.2) is 31.2 Å². The maximum atomic E-state index is 12.2. The summed E-state index contributed by atoms with van der Waals surface area (Å²) in [7, 11) is 1.47. The fraction of sp³-hybridized carbons (Fsp3) is 0.318. The molecule has 2 N–H and O–H groups in total. The standard InChI is InChI=1S/C22H27N3O4/c1-13-8-14(2)22(15(3)9-13)23-12-20(26)25-24-16(4)17-6-7-19(29-5)18(10-17)11-21(27)28/h6-10,23H,11-12H2,1-5H3,(H,25,26)(H,27,28)/p-1/b24-16-. The van der Waals surface area contributed by atoms with E-state index in [1.165, 1.54) is 12.7 Å². The molecule has 2 rings (SSSR count). The van der Waals surface area contributed by atoms with E-state index < -0.39 is 5.97 Å². The molecular formula is C22H26N3O4-. The van der Waals surface area contributed by atoms with Crippen LogP contribution in [0.3, 0.4) is 0 Å². The number of nitrogens with zero attached hydrogens (tertiary/aromatic N) is 1. The number of carbonyl (C=O) groups excluding carboxylic acids is 2. The quantitative estimate of drug-likeness (QED) is 0.524. The predicted octanol–water partition coefficient (Wildman–Crippen LogP) is 1.87. The molecule has 0 heterocycles. The van der Waals surface area contributed by atoms with Crippen molar-refractivity contribution < 1.29 is 19.4 Å². The van der Waals surface area contributed by atoms with Gasteiger partial charge in [-0.15, -0.1) is 0 Å². The Morgan fingerprint density at radius 3 is 2.34 bits per heavy atom. The van der Waals surface area contributed by atoms with Gasteiger partial charge < -0.3 is 20.0 Å². The number of carboxylic acid groups (broad SMARTS) is 1. The Morgan fingerprint density at radius 1 is 1.10 bits per heavy atom. The highest BCUT2D eigenvalue weighted by atomic mass is 16.5. The van der Waals surface area contributed by atoms with E-state index in [1.54, 1.807) is 25.1 Å². The number of aryl methyl sites for hydroxylation is 3. The summed E-state index contributed by atoms with van der Waals surface area (Å²) in [5.41, 5.74) is 8.49. The molecule has 0 unspecified atom stereocenters. The first-order chi connectivity index (χ1) is 13.7. The van der Waals surface area contributed by atoms with E-state index in [4.69, 9.17) is 4.74 Å². The number of benzene rings is 2. The van der Waals surface area contributed by atoms with Gasteiger partial charge in [0.1, 0.15) is 5.75 Å². The molecular weight excluding hydrogens is 370 g/mol. The van der Waals surface area contributed by atoms with Gasteiger partial charge in [-0.3, -0.25) is 4.79 Å². The predicted molar refractivity (Wildman–Crippen MR) is 111 cm³/mol. The van der Waals surface area contributed by atoms with Gasteiger partial charge in [0.25, 0.3) is 5.91 Å².